The Labute approximate surface area is 170 Å². The molecular formula is C22H26N4O3. The van der Waals surface area contributed by atoms with E-state index in [9.17, 15) is 9.59 Å². The molecule has 0 radical (unpaired) electrons. The van der Waals surface area contributed by atoms with Crippen molar-refractivity contribution in [2.24, 2.45) is 5.92 Å². The van der Waals surface area contributed by atoms with Gasteiger partial charge in [-0.25, -0.2) is 4.79 Å². The van der Waals surface area contributed by atoms with Crippen LogP contribution in [0.4, 0.5) is 10.5 Å². The van der Waals surface area contributed by atoms with Crippen molar-refractivity contribution in [1.29, 1.82) is 0 Å². The van der Waals surface area contributed by atoms with E-state index in [-0.39, 0.29) is 24.7 Å². The summed E-state index contributed by atoms with van der Waals surface area (Å²) in [5.74, 6) is -0.132. The highest BCUT2D eigenvalue weighted by molar-refractivity contribution is 5.89. The number of amides is 2. The molecule has 1 aromatic carbocycles. The number of hydrogen-bond donors (Lipinski definition) is 3. The summed E-state index contributed by atoms with van der Waals surface area (Å²) < 4.78 is 0. The van der Waals surface area contributed by atoms with Crippen LogP contribution in [0.2, 0.25) is 0 Å². The van der Waals surface area contributed by atoms with E-state index in [0.717, 1.165) is 36.3 Å². The van der Waals surface area contributed by atoms with Crippen LogP contribution in [0.25, 0.3) is 11.3 Å². The molecule has 152 valence electrons. The van der Waals surface area contributed by atoms with Crippen LogP contribution in [-0.4, -0.2) is 52.2 Å². The first-order valence-electron chi connectivity index (χ1n) is 10.1. The second-order valence-corrected chi connectivity index (χ2v) is 7.98. The number of hydrogen-bond acceptors (Lipinski definition) is 4. The third kappa shape index (κ3) is 5.32. The quantitative estimate of drug-likeness (QED) is 0.639. The SMILES string of the molecule is O=C(O)CN(CC1CC1)C1CC(NC(=O)Nc2ccc(-c3ccccn3)cc2)C1. The Kier molecular flexibility index (Phi) is 5.76. The maximum Gasteiger partial charge on any atom is 0.319 e. The molecule has 0 bridgehead atoms. The molecule has 2 aliphatic carbocycles. The second-order valence-electron chi connectivity index (χ2n) is 7.98. The van der Waals surface area contributed by atoms with E-state index in [1.807, 2.05) is 42.5 Å². The van der Waals surface area contributed by atoms with Crippen LogP contribution in [-0.2, 0) is 4.79 Å². The molecule has 1 heterocycles. The van der Waals surface area contributed by atoms with Gasteiger partial charge in [-0.05, 0) is 55.9 Å². The lowest BCUT2D eigenvalue weighted by molar-refractivity contribution is -0.139. The van der Waals surface area contributed by atoms with Gasteiger partial charge in [0, 0.05) is 36.1 Å². The van der Waals surface area contributed by atoms with Crippen molar-refractivity contribution in [2.75, 3.05) is 18.4 Å². The van der Waals surface area contributed by atoms with Crippen LogP contribution >= 0.6 is 0 Å². The van der Waals surface area contributed by atoms with Gasteiger partial charge in [-0.3, -0.25) is 14.7 Å². The first-order valence-corrected chi connectivity index (χ1v) is 10.1. The van der Waals surface area contributed by atoms with Gasteiger partial charge in [0.2, 0.25) is 0 Å². The number of nitrogens with one attached hydrogen (secondary N) is 2. The Bertz CT molecular complexity index is 846. The summed E-state index contributed by atoms with van der Waals surface area (Å²) in [5.41, 5.74) is 2.60. The zero-order valence-corrected chi connectivity index (χ0v) is 16.3. The van der Waals surface area contributed by atoms with Crippen LogP contribution in [0.15, 0.2) is 48.7 Å². The van der Waals surface area contributed by atoms with Crippen molar-refractivity contribution in [2.45, 2.75) is 37.8 Å². The Morgan fingerprint density at radius 3 is 2.48 bits per heavy atom. The van der Waals surface area contributed by atoms with Gasteiger partial charge in [-0.1, -0.05) is 18.2 Å². The third-order valence-electron chi connectivity index (χ3n) is 5.60. The molecule has 0 atom stereocenters. The van der Waals surface area contributed by atoms with Crippen LogP contribution in [0.3, 0.4) is 0 Å². The fourth-order valence-electron chi connectivity index (χ4n) is 3.76. The lowest BCUT2D eigenvalue weighted by atomic mass is 9.85. The Balaban J connectivity index is 1.24. The monoisotopic (exact) mass is 394 g/mol. The average Bonchev–Trinajstić information content (AvgIpc) is 3.49. The minimum atomic E-state index is -0.783. The number of carboxylic acid groups (broad SMARTS) is 1. The van der Waals surface area contributed by atoms with E-state index in [4.69, 9.17) is 5.11 Å². The topological polar surface area (TPSA) is 94.6 Å². The molecule has 0 unspecified atom stereocenters. The summed E-state index contributed by atoms with van der Waals surface area (Å²) >= 11 is 0. The number of rotatable bonds is 8. The van der Waals surface area contributed by atoms with Crippen LogP contribution < -0.4 is 10.6 Å². The number of carboxylic acids is 1. The van der Waals surface area contributed by atoms with Gasteiger partial charge in [-0.2, -0.15) is 0 Å². The summed E-state index contributed by atoms with van der Waals surface area (Å²) in [6.07, 6.45) is 5.75. The molecule has 3 N–H and O–H groups in total. The predicted molar refractivity (Wildman–Crippen MR) is 111 cm³/mol. The Morgan fingerprint density at radius 2 is 1.86 bits per heavy atom. The van der Waals surface area contributed by atoms with Gasteiger partial charge in [0.15, 0.2) is 0 Å². The molecular weight excluding hydrogens is 368 g/mol. The van der Waals surface area contributed by atoms with Gasteiger partial charge >= 0.3 is 12.0 Å². The van der Waals surface area contributed by atoms with E-state index in [1.54, 1.807) is 6.20 Å². The van der Waals surface area contributed by atoms with Crippen molar-refractivity contribution in [3.05, 3.63) is 48.7 Å². The largest absolute Gasteiger partial charge is 0.480 e. The molecule has 2 saturated carbocycles. The van der Waals surface area contributed by atoms with Gasteiger partial charge in [0.1, 0.15) is 0 Å². The van der Waals surface area contributed by atoms with E-state index in [1.165, 1.54) is 12.8 Å². The normalized spacial score (nSPS) is 20.7. The summed E-state index contributed by atoms with van der Waals surface area (Å²) in [5, 5.41) is 15.0. The van der Waals surface area contributed by atoms with Crippen LogP contribution in [0, 0.1) is 5.92 Å². The average molecular weight is 394 g/mol. The molecule has 2 fully saturated rings. The van der Waals surface area contributed by atoms with Crippen molar-refractivity contribution in [3.63, 3.8) is 0 Å². The summed E-state index contributed by atoms with van der Waals surface area (Å²) in [6.45, 7) is 0.946. The number of aromatic nitrogens is 1. The highest BCUT2D eigenvalue weighted by Gasteiger charge is 2.37. The molecule has 2 aromatic rings. The van der Waals surface area contributed by atoms with E-state index in [0.29, 0.717) is 5.92 Å². The predicted octanol–water partition coefficient (Wildman–Crippen LogP) is 3.20. The number of carbonyl (C=O) groups excluding carboxylic acids is 1. The third-order valence-corrected chi connectivity index (χ3v) is 5.60. The standard InChI is InChI=1S/C22H26N4O3/c27-21(28)14-26(13-15-4-5-15)19-11-18(12-19)25-22(29)24-17-8-6-16(7-9-17)20-3-1-2-10-23-20/h1-3,6-10,15,18-19H,4-5,11-14H2,(H,27,28)(H2,24,25,29). The van der Waals surface area contributed by atoms with Crippen LogP contribution in [0.5, 0.6) is 0 Å². The van der Waals surface area contributed by atoms with Crippen molar-refractivity contribution >= 4 is 17.7 Å². The van der Waals surface area contributed by atoms with Gasteiger partial charge in [0.05, 0.1) is 12.2 Å². The zero-order valence-electron chi connectivity index (χ0n) is 16.3. The molecule has 1 aromatic heterocycles. The molecule has 29 heavy (non-hydrogen) atoms. The molecule has 0 spiro atoms. The van der Waals surface area contributed by atoms with Crippen LogP contribution in [0.1, 0.15) is 25.7 Å². The fourth-order valence-corrected chi connectivity index (χ4v) is 3.76. The Morgan fingerprint density at radius 1 is 1.10 bits per heavy atom. The number of pyridine rings is 1. The molecule has 0 saturated heterocycles. The molecule has 2 amide bonds. The van der Waals surface area contributed by atoms with Crippen molar-refractivity contribution < 1.29 is 14.7 Å². The molecule has 2 aliphatic rings. The number of nitrogens with zero attached hydrogens (tertiary/aromatic N) is 2. The number of anilines is 1. The maximum absolute atomic E-state index is 12.3. The lowest BCUT2D eigenvalue weighted by Crippen LogP contribution is -2.55. The second kappa shape index (κ2) is 8.61. The fraction of sp³-hybridized carbons (Fsp3) is 0.409. The number of benzene rings is 1. The van der Waals surface area contributed by atoms with Gasteiger partial charge in [-0.15, -0.1) is 0 Å². The zero-order chi connectivity index (χ0) is 20.2. The molecule has 0 aliphatic heterocycles. The summed E-state index contributed by atoms with van der Waals surface area (Å²) in [4.78, 5) is 29.8. The minimum Gasteiger partial charge on any atom is -0.480 e. The molecule has 7 nitrogen and oxygen atoms in total. The van der Waals surface area contributed by atoms with Gasteiger partial charge in [0.25, 0.3) is 0 Å². The van der Waals surface area contributed by atoms with Crippen molar-refractivity contribution in [1.82, 2.24) is 15.2 Å². The van der Waals surface area contributed by atoms with E-state index >= 15 is 0 Å². The summed E-state index contributed by atoms with van der Waals surface area (Å²) in [7, 11) is 0. The van der Waals surface area contributed by atoms with Crippen molar-refractivity contribution in [3.8, 4) is 11.3 Å². The first kappa shape index (κ1) is 19.4. The number of urea groups is 1. The van der Waals surface area contributed by atoms with E-state index in [2.05, 4.69) is 20.5 Å². The minimum absolute atomic E-state index is 0.0860. The van der Waals surface area contributed by atoms with Gasteiger partial charge < -0.3 is 15.7 Å². The first-order chi connectivity index (χ1) is 14.1. The lowest BCUT2D eigenvalue weighted by Gasteiger charge is -2.42. The number of carbonyl (C=O) groups is 2. The number of aliphatic carboxylic acids is 1. The Hall–Kier alpha value is -2.93. The highest BCUT2D eigenvalue weighted by Crippen LogP contribution is 2.33. The summed E-state index contributed by atoms with van der Waals surface area (Å²) in [6, 6.07) is 13.4. The molecule has 4 rings (SSSR count). The molecule has 7 heteroatoms. The highest BCUT2D eigenvalue weighted by atomic mass is 16.4. The maximum atomic E-state index is 12.3. The van der Waals surface area contributed by atoms with E-state index < -0.39 is 5.97 Å². The smallest absolute Gasteiger partial charge is 0.319 e.